The first kappa shape index (κ1) is 15.0. The van der Waals surface area contributed by atoms with E-state index in [2.05, 4.69) is 0 Å². The normalized spacial score (nSPS) is 17.9. The summed E-state index contributed by atoms with van der Waals surface area (Å²) < 4.78 is 13.9. The number of rotatable bonds is 2. The van der Waals surface area contributed by atoms with Crippen molar-refractivity contribution in [2.45, 2.75) is 31.7 Å². The Morgan fingerprint density at radius 2 is 1.71 bits per heavy atom. The second-order valence-corrected chi connectivity index (χ2v) is 5.14. The molecule has 1 aliphatic rings. The van der Waals surface area contributed by atoms with Gasteiger partial charge in [-0.2, -0.15) is 0 Å². The number of nitrogens with two attached hydrogens (primary N) is 1. The van der Waals surface area contributed by atoms with Crippen molar-refractivity contribution < 1.29 is 4.39 Å². The van der Waals surface area contributed by atoms with Crippen molar-refractivity contribution in [2.75, 3.05) is 0 Å². The van der Waals surface area contributed by atoms with Crippen LogP contribution >= 0.6 is 35.6 Å². The summed E-state index contributed by atoms with van der Waals surface area (Å²) in [5, 5.41) is 0.467. The van der Waals surface area contributed by atoms with E-state index in [0.29, 0.717) is 16.5 Å². The molecule has 2 N–H and O–H groups in total. The SMILES string of the molecule is Cl.N[C@H](c1c(Cl)ccc(Cl)c1F)C1CCCC1. The van der Waals surface area contributed by atoms with Gasteiger partial charge in [0.2, 0.25) is 0 Å². The fourth-order valence-corrected chi connectivity index (χ4v) is 2.84. The van der Waals surface area contributed by atoms with Crippen LogP contribution in [-0.4, -0.2) is 0 Å². The third-order valence-electron chi connectivity index (χ3n) is 3.32. The third kappa shape index (κ3) is 3.05. The first-order valence-corrected chi connectivity index (χ1v) is 6.26. The minimum Gasteiger partial charge on any atom is -0.324 e. The van der Waals surface area contributed by atoms with Crippen LogP contribution in [0.15, 0.2) is 12.1 Å². The molecule has 1 atom stereocenters. The molecule has 2 rings (SSSR count). The lowest BCUT2D eigenvalue weighted by Crippen LogP contribution is -2.21. The maximum atomic E-state index is 13.9. The van der Waals surface area contributed by atoms with E-state index >= 15 is 0 Å². The maximum absolute atomic E-state index is 13.9. The molecule has 1 aliphatic carbocycles. The predicted octanol–water partition coefficient (Wildman–Crippen LogP) is 4.74. The lowest BCUT2D eigenvalue weighted by molar-refractivity contribution is 0.429. The average Bonchev–Trinajstić information content (AvgIpc) is 2.77. The molecule has 0 saturated heterocycles. The topological polar surface area (TPSA) is 26.0 Å². The molecule has 0 radical (unpaired) electrons. The second kappa shape index (κ2) is 6.24. The van der Waals surface area contributed by atoms with Gasteiger partial charge < -0.3 is 5.73 Å². The highest BCUT2D eigenvalue weighted by molar-refractivity contribution is 6.33. The Morgan fingerprint density at radius 1 is 1.18 bits per heavy atom. The fourth-order valence-electron chi connectivity index (χ4n) is 2.40. The van der Waals surface area contributed by atoms with Gasteiger partial charge in [0.1, 0.15) is 5.82 Å². The zero-order valence-corrected chi connectivity index (χ0v) is 11.6. The van der Waals surface area contributed by atoms with Gasteiger partial charge in [0.25, 0.3) is 0 Å². The standard InChI is InChI=1S/C12H14Cl2FN.ClH/c13-8-5-6-9(14)11(15)10(8)12(16)7-3-1-2-4-7;/h5-7,12H,1-4,16H2;1H/t12-;/m0./s1. The predicted molar refractivity (Wildman–Crippen MR) is 72.6 cm³/mol. The molecule has 1 fully saturated rings. The van der Waals surface area contributed by atoms with Crippen LogP contribution in [0.2, 0.25) is 10.0 Å². The van der Waals surface area contributed by atoms with Gasteiger partial charge >= 0.3 is 0 Å². The summed E-state index contributed by atoms with van der Waals surface area (Å²) >= 11 is 11.7. The van der Waals surface area contributed by atoms with E-state index in [9.17, 15) is 4.39 Å². The van der Waals surface area contributed by atoms with E-state index in [4.69, 9.17) is 28.9 Å². The van der Waals surface area contributed by atoms with Gasteiger partial charge in [-0.05, 0) is 30.9 Å². The number of halogens is 4. The summed E-state index contributed by atoms with van der Waals surface area (Å²) in [6.07, 6.45) is 4.42. The van der Waals surface area contributed by atoms with Crippen molar-refractivity contribution in [1.29, 1.82) is 0 Å². The lowest BCUT2D eigenvalue weighted by atomic mass is 9.92. The molecule has 1 aromatic carbocycles. The van der Waals surface area contributed by atoms with Crippen molar-refractivity contribution in [3.63, 3.8) is 0 Å². The molecule has 0 spiro atoms. The minimum absolute atomic E-state index is 0. The van der Waals surface area contributed by atoms with E-state index < -0.39 is 5.82 Å². The molecule has 0 amide bonds. The Morgan fingerprint density at radius 3 is 2.29 bits per heavy atom. The first-order valence-electron chi connectivity index (χ1n) is 5.50. The summed E-state index contributed by atoms with van der Waals surface area (Å²) in [6, 6.07) is 2.73. The van der Waals surface area contributed by atoms with Gasteiger partial charge in [0.05, 0.1) is 5.02 Å². The molecule has 0 unspecified atom stereocenters. The van der Waals surface area contributed by atoms with Gasteiger partial charge in [0, 0.05) is 16.6 Å². The summed E-state index contributed by atoms with van der Waals surface area (Å²) in [5.41, 5.74) is 6.46. The van der Waals surface area contributed by atoms with Gasteiger partial charge in [-0.3, -0.25) is 0 Å². The van der Waals surface area contributed by atoms with Crippen molar-refractivity contribution in [3.8, 4) is 0 Å². The maximum Gasteiger partial charge on any atom is 0.148 e. The molecule has 0 aromatic heterocycles. The summed E-state index contributed by atoms with van der Waals surface area (Å²) in [7, 11) is 0. The largest absolute Gasteiger partial charge is 0.324 e. The van der Waals surface area contributed by atoms with E-state index in [1.165, 1.54) is 6.07 Å². The fraction of sp³-hybridized carbons (Fsp3) is 0.500. The molecular formula is C12H15Cl3FN. The van der Waals surface area contributed by atoms with Crippen molar-refractivity contribution in [2.24, 2.45) is 11.7 Å². The van der Waals surface area contributed by atoms with Gasteiger partial charge in [0.15, 0.2) is 0 Å². The van der Waals surface area contributed by atoms with Crippen LogP contribution < -0.4 is 5.73 Å². The van der Waals surface area contributed by atoms with Crippen molar-refractivity contribution >= 4 is 35.6 Å². The van der Waals surface area contributed by atoms with Crippen LogP contribution in [-0.2, 0) is 0 Å². The number of benzene rings is 1. The zero-order valence-electron chi connectivity index (χ0n) is 9.26. The molecule has 0 bridgehead atoms. The summed E-state index contributed by atoms with van der Waals surface area (Å²) in [5.74, 6) is -0.140. The average molecular weight is 299 g/mol. The van der Waals surface area contributed by atoms with Crippen LogP contribution in [0, 0.1) is 11.7 Å². The first-order chi connectivity index (χ1) is 7.61. The Hall–Kier alpha value is -0.0200. The van der Waals surface area contributed by atoms with Crippen molar-refractivity contribution in [1.82, 2.24) is 0 Å². The minimum atomic E-state index is -0.464. The van der Waals surface area contributed by atoms with Crippen LogP contribution in [0.4, 0.5) is 4.39 Å². The quantitative estimate of drug-likeness (QED) is 0.784. The zero-order chi connectivity index (χ0) is 11.7. The third-order valence-corrected chi connectivity index (χ3v) is 3.94. The highest BCUT2D eigenvalue weighted by Gasteiger charge is 2.27. The molecule has 1 nitrogen and oxygen atoms in total. The molecular weight excluding hydrogens is 283 g/mol. The molecule has 1 saturated carbocycles. The van der Waals surface area contributed by atoms with Gasteiger partial charge in [-0.25, -0.2) is 4.39 Å². The summed E-state index contributed by atoms with van der Waals surface area (Å²) in [4.78, 5) is 0. The van der Waals surface area contributed by atoms with E-state index in [0.717, 1.165) is 25.7 Å². The van der Waals surface area contributed by atoms with Crippen LogP contribution in [0.1, 0.15) is 37.3 Å². The molecule has 0 heterocycles. The molecule has 5 heteroatoms. The number of hydrogen-bond acceptors (Lipinski definition) is 1. The van der Waals surface area contributed by atoms with Crippen molar-refractivity contribution in [3.05, 3.63) is 33.6 Å². The van der Waals surface area contributed by atoms with E-state index in [1.807, 2.05) is 0 Å². The Bertz CT molecular complexity index is 392. The van der Waals surface area contributed by atoms with Gasteiger partial charge in [-0.1, -0.05) is 36.0 Å². The Kier molecular flexibility index (Phi) is 5.52. The monoisotopic (exact) mass is 297 g/mol. The summed E-state index contributed by atoms with van der Waals surface area (Å²) in [6.45, 7) is 0. The van der Waals surface area contributed by atoms with Gasteiger partial charge in [-0.15, -0.1) is 12.4 Å². The molecule has 1 aromatic rings. The lowest BCUT2D eigenvalue weighted by Gasteiger charge is -2.21. The van der Waals surface area contributed by atoms with Crippen LogP contribution in [0.25, 0.3) is 0 Å². The Labute approximate surface area is 117 Å². The number of hydrogen-bond donors (Lipinski definition) is 1. The highest BCUT2D eigenvalue weighted by Crippen LogP contribution is 2.39. The molecule has 0 aliphatic heterocycles. The highest BCUT2D eigenvalue weighted by atomic mass is 35.5. The van der Waals surface area contributed by atoms with Crippen LogP contribution in [0.5, 0.6) is 0 Å². The van der Waals surface area contributed by atoms with E-state index in [1.54, 1.807) is 6.07 Å². The van der Waals surface area contributed by atoms with E-state index in [-0.39, 0.29) is 23.5 Å². The Balaban J connectivity index is 0.00000144. The smallest absolute Gasteiger partial charge is 0.148 e. The van der Waals surface area contributed by atoms with Crippen LogP contribution in [0.3, 0.4) is 0 Å². The second-order valence-electron chi connectivity index (χ2n) is 4.33. The molecule has 17 heavy (non-hydrogen) atoms. The molecule has 96 valence electrons.